The molecule has 1 fully saturated rings. The van der Waals surface area contributed by atoms with Crippen LogP contribution in [0.1, 0.15) is 55.4 Å². The Morgan fingerprint density at radius 2 is 2.07 bits per heavy atom. The molecule has 0 saturated carbocycles. The Morgan fingerprint density at radius 1 is 1.21 bits per heavy atom. The maximum Gasteiger partial charge on any atom is 0.270 e. The number of allylic oxidation sites excluding steroid dienone is 1. The third-order valence-corrected chi connectivity index (χ3v) is 6.06. The van der Waals surface area contributed by atoms with Crippen molar-refractivity contribution in [1.29, 1.82) is 0 Å². The van der Waals surface area contributed by atoms with Gasteiger partial charge in [-0.3, -0.25) is 9.59 Å². The van der Waals surface area contributed by atoms with E-state index in [1.165, 1.54) is 18.4 Å². The third-order valence-electron chi connectivity index (χ3n) is 6.06. The van der Waals surface area contributed by atoms with E-state index in [0.29, 0.717) is 36.6 Å². The van der Waals surface area contributed by atoms with Crippen molar-refractivity contribution >= 4 is 28.4 Å². The highest BCUT2D eigenvalue weighted by Gasteiger charge is 2.31. The summed E-state index contributed by atoms with van der Waals surface area (Å²) in [5.41, 5.74) is 3.60. The lowest BCUT2D eigenvalue weighted by Gasteiger charge is -2.18. The van der Waals surface area contributed by atoms with Crippen LogP contribution in [0.2, 0.25) is 0 Å². The van der Waals surface area contributed by atoms with E-state index in [9.17, 15) is 9.59 Å². The topological polar surface area (TPSA) is 63.6 Å². The number of hydrogen-bond acceptors (Lipinski definition) is 3. The van der Waals surface area contributed by atoms with Crippen molar-refractivity contribution in [2.75, 3.05) is 25.1 Å². The number of methoxy groups -OCH3 is 1. The van der Waals surface area contributed by atoms with Gasteiger partial charge in [0.25, 0.3) is 5.91 Å². The van der Waals surface area contributed by atoms with E-state index in [-0.39, 0.29) is 11.8 Å². The first-order valence-corrected chi connectivity index (χ1v) is 10.5. The first kappa shape index (κ1) is 19.6. The molecule has 2 amide bonds. The van der Waals surface area contributed by atoms with Crippen LogP contribution in [-0.2, 0) is 11.8 Å². The van der Waals surface area contributed by atoms with Crippen LogP contribution >= 0.6 is 0 Å². The molecular formula is C23H29N3O3. The van der Waals surface area contributed by atoms with Gasteiger partial charge in [-0.1, -0.05) is 11.6 Å². The molecule has 2 aromatic rings. The Labute approximate surface area is 171 Å². The van der Waals surface area contributed by atoms with Crippen molar-refractivity contribution in [3.05, 3.63) is 35.5 Å². The predicted molar refractivity (Wildman–Crippen MR) is 115 cm³/mol. The Bertz CT molecular complexity index is 973. The van der Waals surface area contributed by atoms with E-state index >= 15 is 0 Å². The third kappa shape index (κ3) is 3.76. The molecule has 6 nitrogen and oxygen atoms in total. The van der Waals surface area contributed by atoms with E-state index in [2.05, 4.69) is 11.4 Å². The fraction of sp³-hybridized carbons (Fsp3) is 0.478. The lowest BCUT2D eigenvalue weighted by atomic mass is 9.97. The predicted octanol–water partition coefficient (Wildman–Crippen LogP) is 3.93. The van der Waals surface area contributed by atoms with Crippen LogP contribution in [0.4, 0.5) is 5.69 Å². The van der Waals surface area contributed by atoms with Gasteiger partial charge >= 0.3 is 0 Å². The molecule has 1 N–H and O–H groups in total. The lowest BCUT2D eigenvalue weighted by molar-refractivity contribution is -0.117. The number of rotatable bonds is 6. The average molecular weight is 396 g/mol. The van der Waals surface area contributed by atoms with E-state index in [1.807, 2.05) is 29.8 Å². The molecule has 6 heteroatoms. The number of hydrogen-bond donors (Lipinski definition) is 1. The van der Waals surface area contributed by atoms with E-state index in [1.54, 1.807) is 12.0 Å². The minimum Gasteiger partial charge on any atom is -0.497 e. The van der Waals surface area contributed by atoms with Gasteiger partial charge < -0.3 is 19.5 Å². The van der Waals surface area contributed by atoms with Crippen molar-refractivity contribution in [2.45, 2.75) is 44.9 Å². The fourth-order valence-electron chi connectivity index (χ4n) is 4.50. The van der Waals surface area contributed by atoms with Crippen LogP contribution in [0.3, 0.4) is 0 Å². The molecular weight excluding hydrogens is 366 g/mol. The highest BCUT2D eigenvalue weighted by molar-refractivity contribution is 6.14. The Morgan fingerprint density at radius 3 is 2.76 bits per heavy atom. The smallest absolute Gasteiger partial charge is 0.270 e. The highest BCUT2D eigenvalue weighted by Crippen LogP contribution is 2.37. The molecule has 1 aliphatic heterocycles. The molecule has 4 rings (SSSR count). The quantitative estimate of drug-likeness (QED) is 0.754. The molecule has 1 aromatic carbocycles. The summed E-state index contributed by atoms with van der Waals surface area (Å²) < 4.78 is 7.28. The average Bonchev–Trinajstić information content (AvgIpc) is 3.28. The monoisotopic (exact) mass is 395 g/mol. The van der Waals surface area contributed by atoms with Gasteiger partial charge in [0.15, 0.2) is 0 Å². The highest BCUT2D eigenvalue weighted by atomic mass is 16.5. The van der Waals surface area contributed by atoms with Crippen molar-refractivity contribution < 1.29 is 14.3 Å². The second-order valence-corrected chi connectivity index (χ2v) is 7.90. The fourth-order valence-corrected chi connectivity index (χ4v) is 4.50. The molecule has 2 heterocycles. The Hall–Kier alpha value is -2.76. The summed E-state index contributed by atoms with van der Waals surface area (Å²) >= 11 is 0. The van der Waals surface area contributed by atoms with Gasteiger partial charge in [0, 0.05) is 31.9 Å². The standard InChI is InChI=1S/C23H29N3O3/c1-25-19-11-10-17(29-2)15-18(19)21(26-14-6-9-20(26)27)22(25)23(28)24-13-12-16-7-4-3-5-8-16/h7,10-11,15H,3-6,8-9,12-14H2,1-2H3,(H,24,28). The van der Waals surface area contributed by atoms with Crippen molar-refractivity contribution in [1.82, 2.24) is 9.88 Å². The number of aryl methyl sites for hydroxylation is 1. The van der Waals surface area contributed by atoms with Crippen molar-refractivity contribution in [3.63, 3.8) is 0 Å². The Kier molecular flexibility index (Phi) is 5.60. The SMILES string of the molecule is COc1ccc2c(c1)c(N1CCCC1=O)c(C(=O)NCCC1=CCCCC1)n2C. The largest absolute Gasteiger partial charge is 0.497 e. The number of carbonyl (C=O) groups excluding carboxylic acids is 2. The zero-order valence-corrected chi connectivity index (χ0v) is 17.3. The molecule has 0 bridgehead atoms. The molecule has 1 aliphatic carbocycles. The number of ether oxygens (including phenoxy) is 1. The molecule has 0 radical (unpaired) electrons. The summed E-state index contributed by atoms with van der Waals surface area (Å²) in [5.74, 6) is 0.655. The van der Waals surface area contributed by atoms with Crippen molar-refractivity contribution in [2.24, 2.45) is 7.05 Å². The summed E-state index contributed by atoms with van der Waals surface area (Å²) in [5, 5.41) is 3.96. The van der Waals surface area contributed by atoms with Crippen LogP contribution in [0.5, 0.6) is 5.75 Å². The normalized spacial score (nSPS) is 17.0. The van der Waals surface area contributed by atoms with Gasteiger partial charge in [0.1, 0.15) is 11.4 Å². The van der Waals surface area contributed by atoms with Crippen LogP contribution in [0, 0.1) is 0 Å². The van der Waals surface area contributed by atoms with Gasteiger partial charge in [-0.15, -0.1) is 0 Å². The molecule has 0 unspecified atom stereocenters. The first-order valence-electron chi connectivity index (χ1n) is 10.5. The maximum absolute atomic E-state index is 13.2. The van der Waals surface area contributed by atoms with Crippen LogP contribution < -0.4 is 15.0 Å². The minimum atomic E-state index is -0.131. The number of benzene rings is 1. The summed E-state index contributed by atoms with van der Waals surface area (Å²) in [6.07, 6.45) is 9.33. The second-order valence-electron chi connectivity index (χ2n) is 7.90. The zero-order chi connectivity index (χ0) is 20.4. The summed E-state index contributed by atoms with van der Waals surface area (Å²) in [4.78, 5) is 27.5. The maximum atomic E-state index is 13.2. The number of anilines is 1. The second kappa shape index (κ2) is 8.31. The zero-order valence-electron chi connectivity index (χ0n) is 17.3. The summed E-state index contributed by atoms with van der Waals surface area (Å²) in [6.45, 7) is 1.26. The molecule has 29 heavy (non-hydrogen) atoms. The number of carbonyl (C=O) groups is 2. The van der Waals surface area contributed by atoms with Gasteiger partial charge in [-0.05, 0) is 56.7 Å². The summed E-state index contributed by atoms with van der Waals surface area (Å²) in [6, 6.07) is 5.75. The molecule has 2 aliphatic rings. The minimum absolute atomic E-state index is 0.0710. The van der Waals surface area contributed by atoms with Crippen LogP contribution in [0.25, 0.3) is 10.9 Å². The molecule has 0 atom stereocenters. The van der Waals surface area contributed by atoms with Gasteiger partial charge in [-0.2, -0.15) is 0 Å². The van der Waals surface area contributed by atoms with E-state index in [4.69, 9.17) is 4.74 Å². The number of nitrogens with one attached hydrogen (secondary N) is 1. The molecule has 1 saturated heterocycles. The number of nitrogens with zero attached hydrogens (tertiary/aromatic N) is 2. The molecule has 154 valence electrons. The summed E-state index contributed by atoms with van der Waals surface area (Å²) in [7, 11) is 3.51. The van der Waals surface area contributed by atoms with E-state index in [0.717, 1.165) is 36.6 Å². The molecule has 0 spiro atoms. The molecule has 1 aromatic heterocycles. The van der Waals surface area contributed by atoms with Gasteiger partial charge in [0.05, 0.1) is 18.3 Å². The number of amides is 2. The van der Waals surface area contributed by atoms with Crippen LogP contribution in [-0.4, -0.2) is 36.6 Å². The van der Waals surface area contributed by atoms with Gasteiger partial charge in [-0.25, -0.2) is 0 Å². The number of fused-ring (bicyclic) bond motifs is 1. The van der Waals surface area contributed by atoms with Crippen molar-refractivity contribution in [3.8, 4) is 5.75 Å². The Balaban J connectivity index is 1.66. The van der Waals surface area contributed by atoms with Gasteiger partial charge in [0.2, 0.25) is 5.91 Å². The number of aromatic nitrogens is 1. The lowest BCUT2D eigenvalue weighted by Crippen LogP contribution is -2.31. The first-order chi connectivity index (χ1) is 14.1. The van der Waals surface area contributed by atoms with E-state index < -0.39 is 0 Å². The van der Waals surface area contributed by atoms with Crippen LogP contribution in [0.15, 0.2) is 29.8 Å².